The van der Waals surface area contributed by atoms with E-state index in [4.69, 9.17) is 14.6 Å². The van der Waals surface area contributed by atoms with Gasteiger partial charge in [0.25, 0.3) is 0 Å². The second kappa shape index (κ2) is 5.78. The fraction of sp³-hybridized carbons (Fsp3) is 0.133. The van der Waals surface area contributed by atoms with Gasteiger partial charge in [0.2, 0.25) is 0 Å². The lowest BCUT2D eigenvalue weighted by Crippen LogP contribution is -2.02. The highest BCUT2D eigenvalue weighted by Gasteiger charge is 2.17. The Hall–Kier alpha value is -2.63. The molecule has 0 saturated heterocycles. The smallest absolute Gasteiger partial charge is 0.338 e. The third-order valence-electron chi connectivity index (χ3n) is 2.95. The molecule has 0 heterocycles. The third kappa shape index (κ3) is 2.94. The molecule has 4 nitrogen and oxygen atoms in total. The molecule has 0 atom stereocenters. The van der Waals surface area contributed by atoms with Gasteiger partial charge in [0.1, 0.15) is 23.1 Å². The summed E-state index contributed by atoms with van der Waals surface area (Å²) in [6.45, 7) is 0. The summed E-state index contributed by atoms with van der Waals surface area (Å²) in [6.07, 6.45) is 0. The van der Waals surface area contributed by atoms with E-state index in [1.165, 1.54) is 26.4 Å². The molecule has 0 aliphatic heterocycles. The zero-order valence-electron chi connectivity index (χ0n) is 11.3. The van der Waals surface area contributed by atoms with E-state index in [-0.39, 0.29) is 5.56 Å². The molecule has 6 heteroatoms. The van der Waals surface area contributed by atoms with Crippen LogP contribution in [0.5, 0.6) is 11.5 Å². The van der Waals surface area contributed by atoms with Gasteiger partial charge in [0.05, 0.1) is 19.8 Å². The van der Waals surface area contributed by atoms with Crippen molar-refractivity contribution in [2.24, 2.45) is 0 Å². The molecule has 0 saturated carbocycles. The second-order valence-corrected chi connectivity index (χ2v) is 4.22. The second-order valence-electron chi connectivity index (χ2n) is 4.22. The number of carbonyl (C=O) groups is 1. The first kappa shape index (κ1) is 14.8. The van der Waals surface area contributed by atoms with E-state index in [1.807, 2.05) is 0 Å². The van der Waals surface area contributed by atoms with Gasteiger partial charge in [-0.15, -0.1) is 0 Å². The van der Waals surface area contributed by atoms with E-state index >= 15 is 0 Å². The topological polar surface area (TPSA) is 55.8 Å². The molecule has 0 amide bonds. The van der Waals surface area contributed by atoms with Crippen molar-refractivity contribution in [1.29, 1.82) is 0 Å². The van der Waals surface area contributed by atoms with Gasteiger partial charge in [0.15, 0.2) is 0 Å². The predicted octanol–water partition coefficient (Wildman–Crippen LogP) is 3.35. The molecule has 0 aromatic heterocycles. The Balaban J connectivity index is 2.61. The zero-order valence-corrected chi connectivity index (χ0v) is 11.3. The first-order chi connectivity index (χ1) is 9.96. The number of hydrogen-bond acceptors (Lipinski definition) is 3. The molecule has 1 N–H and O–H groups in total. The number of halogens is 2. The lowest BCUT2D eigenvalue weighted by molar-refractivity contribution is 0.0691. The molecule has 2 aromatic rings. The van der Waals surface area contributed by atoms with Crippen molar-refractivity contribution in [2.45, 2.75) is 0 Å². The average molecular weight is 294 g/mol. The van der Waals surface area contributed by atoms with Crippen molar-refractivity contribution in [1.82, 2.24) is 0 Å². The standard InChI is InChI=1S/C15H12F2O4/c1-20-9-3-8(4-10(5-9)21-2)11-6-14(17)12(15(18)19)7-13(11)16/h3-7H,1-2H3,(H,18,19). The molecule has 110 valence electrons. The molecule has 2 aromatic carbocycles. The molecular weight excluding hydrogens is 282 g/mol. The van der Waals surface area contributed by atoms with Gasteiger partial charge < -0.3 is 14.6 Å². The molecule has 0 unspecified atom stereocenters. The van der Waals surface area contributed by atoms with Crippen molar-refractivity contribution in [3.05, 3.63) is 47.5 Å². The number of carboxylic acids is 1. The maximum absolute atomic E-state index is 14.0. The molecule has 2 rings (SSSR count). The molecular formula is C15H12F2O4. The SMILES string of the molecule is COc1cc(OC)cc(-c2cc(F)c(C(=O)O)cc2F)c1. The first-order valence-corrected chi connectivity index (χ1v) is 5.92. The minimum absolute atomic E-state index is 0.0744. The van der Waals surface area contributed by atoms with Crippen LogP contribution in [0.4, 0.5) is 8.78 Å². The van der Waals surface area contributed by atoms with E-state index in [0.29, 0.717) is 23.1 Å². The Kier molecular flexibility index (Phi) is 4.07. The summed E-state index contributed by atoms with van der Waals surface area (Å²) in [6, 6.07) is 6.08. The van der Waals surface area contributed by atoms with Gasteiger partial charge in [-0.3, -0.25) is 0 Å². The molecule has 0 aliphatic rings. The molecule has 0 bridgehead atoms. The predicted molar refractivity (Wildman–Crippen MR) is 71.9 cm³/mol. The number of hydrogen-bond donors (Lipinski definition) is 1. The van der Waals surface area contributed by atoms with E-state index in [0.717, 1.165) is 6.07 Å². The number of benzene rings is 2. The van der Waals surface area contributed by atoms with Crippen LogP contribution in [0.25, 0.3) is 11.1 Å². The van der Waals surface area contributed by atoms with Gasteiger partial charge in [0, 0.05) is 11.6 Å². The van der Waals surface area contributed by atoms with E-state index in [2.05, 4.69) is 0 Å². The maximum atomic E-state index is 14.0. The van der Waals surface area contributed by atoms with Crippen LogP contribution in [0.1, 0.15) is 10.4 Å². The van der Waals surface area contributed by atoms with Crippen LogP contribution in [-0.4, -0.2) is 25.3 Å². The molecule has 0 radical (unpaired) electrons. The number of ether oxygens (including phenoxy) is 2. The fourth-order valence-corrected chi connectivity index (χ4v) is 1.89. The molecule has 0 aliphatic carbocycles. The van der Waals surface area contributed by atoms with Gasteiger partial charge in [-0.2, -0.15) is 0 Å². The Morgan fingerprint density at radius 3 is 2.00 bits per heavy atom. The largest absolute Gasteiger partial charge is 0.497 e. The lowest BCUT2D eigenvalue weighted by Gasteiger charge is -2.10. The summed E-state index contributed by atoms with van der Waals surface area (Å²) in [5, 5.41) is 8.77. The minimum atomic E-state index is -1.53. The highest BCUT2D eigenvalue weighted by molar-refractivity contribution is 5.89. The Labute approximate surface area is 119 Å². The number of carboxylic acid groups (broad SMARTS) is 1. The molecule has 0 fully saturated rings. The first-order valence-electron chi connectivity index (χ1n) is 5.92. The Morgan fingerprint density at radius 2 is 1.52 bits per heavy atom. The van der Waals surface area contributed by atoms with Crippen LogP contribution in [0.3, 0.4) is 0 Å². The number of methoxy groups -OCH3 is 2. The van der Waals surface area contributed by atoms with Crippen molar-refractivity contribution < 1.29 is 28.2 Å². The van der Waals surface area contributed by atoms with Crippen molar-refractivity contribution in [2.75, 3.05) is 14.2 Å². The van der Waals surface area contributed by atoms with Crippen LogP contribution < -0.4 is 9.47 Å². The number of rotatable bonds is 4. The van der Waals surface area contributed by atoms with Crippen LogP contribution in [0, 0.1) is 11.6 Å². The summed E-state index contributed by atoms with van der Waals surface area (Å²) >= 11 is 0. The highest BCUT2D eigenvalue weighted by atomic mass is 19.1. The van der Waals surface area contributed by atoms with Gasteiger partial charge in [-0.1, -0.05) is 0 Å². The summed E-state index contributed by atoms with van der Waals surface area (Å²) < 4.78 is 37.9. The fourth-order valence-electron chi connectivity index (χ4n) is 1.89. The van der Waals surface area contributed by atoms with Gasteiger partial charge >= 0.3 is 5.97 Å². The van der Waals surface area contributed by atoms with Crippen molar-refractivity contribution in [3.8, 4) is 22.6 Å². The Bertz CT molecular complexity index is 676. The summed E-state index contributed by atoms with van der Waals surface area (Å²) in [5.41, 5.74) is -0.472. The monoisotopic (exact) mass is 294 g/mol. The summed E-state index contributed by atoms with van der Waals surface area (Å²) in [7, 11) is 2.87. The maximum Gasteiger partial charge on any atom is 0.338 e. The van der Waals surface area contributed by atoms with Crippen LogP contribution in [0.15, 0.2) is 30.3 Å². The van der Waals surface area contributed by atoms with Gasteiger partial charge in [-0.05, 0) is 29.8 Å². The van der Waals surface area contributed by atoms with Crippen LogP contribution >= 0.6 is 0 Å². The average Bonchev–Trinajstić information content (AvgIpc) is 2.48. The summed E-state index contributed by atoms with van der Waals surface area (Å²) in [4.78, 5) is 10.8. The lowest BCUT2D eigenvalue weighted by atomic mass is 10.0. The van der Waals surface area contributed by atoms with Crippen molar-refractivity contribution >= 4 is 5.97 Å². The van der Waals surface area contributed by atoms with E-state index in [9.17, 15) is 13.6 Å². The normalized spacial score (nSPS) is 10.3. The molecule has 0 spiro atoms. The number of aromatic carboxylic acids is 1. The van der Waals surface area contributed by atoms with Crippen LogP contribution in [-0.2, 0) is 0 Å². The highest BCUT2D eigenvalue weighted by Crippen LogP contribution is 2.32. The molecule has 21 heavy (non-hydrogen) atoms. The van der Waals surface area contributed by atoms with E-state index < -0.39 is 23.2 Å². The summed E-state index contributed by atoms with van der Waals surface area (Å²) in [5.74, 6) is -2.57. The van der Waals surface area contributed by atoms with Gasteiger partial charge in [-0.25, -0.2) is 13.6 Å². The third-order valence-corrected chi connectivity index (χ3v) is 2.95. The quantitative estimate of drug-likeness (QED) is 0.939. The van der Waals surface area contributed by atoms with E-state index in [1.54, 1.807) is 6.07 Å². The van der Waals surface area contributed by atoms with Crippen LogP contribution in [0.2, 0.25) is 0 Å². The van der Waals surface area contributed by atoms with Crippen molar-refractivity contribution in [3.63, 3.8) is 0 Å². The minimum Gasteiger partial charge on any atom is -0.497 e. The Morgan fingerprint density at radius 1 is 0.952 bits per heavy atom. The zero-order chi connectivity index (χ0) is 15.6.